The molecule has 102 valence electrons. The van der Waals surface area contributed by atoms with E-state index in [1.165, 1.54) is 5.56 Å². The van der Waals surface area contributed by atoms with Gasteiger partial charge in [0.25, 0.3) is 0 Å². The third-order valence-corrected chi connectivity index (χ3v) is 3.81. The third kappa shape index (κ3) is 4.46. The summed E-state index contributed by atoms with van der Waals surface area (Å²) < 4.78 is 0. The molecule has 0 saturated heterocycles. The molecule has 0 bridgehead atoms. The minimum atomic E-state index is 0.225. The molecule has 0 fully saturated rings. The summed E-state index contributed by atoms with van der Waals surface area (Å²) in [7, 11) is 0. The van der Waals surface area contributed by atoms with Gasteiger partial charge in [-0.05, 0) is 19.8 Å². The first kappa shape index (κ1) is 15.2. The predicted molar refractivity (Wildman–Crippen MR) is 77.2 cm³/mol. The molecule has 18 heavy (non-hydrogen) atoms. The molecule has 1 unspecified atom stereocenters. The lowest BCUT2D eigenvalue weighted by atomic mass is 10.2. The van der Waals surface area contributed by atoms with Gasteiger partial charge in [-0.2, -0.15) is 0 Å². The average molecular weight is 269 g/mol. The summed E-state index contributed by atoms with van der Waals surface area (Å²) in [6.45, 7) is 7.44. The number of nitrogens with one attached hydrogen (secondary N) is 1. The Labute approximate surface area is 114 Å². The van der Waals surface area contributed by atoms with Crippen LogP contribution in [0.1, 0.15) is 39.2 Å². The van der Waals surface area contributed by atoms with Gasteiger partial charge in [-0.25, -0.2) is 9.97 Å². The molecule has 1 aromatic heterocycles. The molecule has 0 spiro atoms. The number of anilines is 1. The Bertz CT molecular complexity index is 360. The molecule has 0 aromatic carbocycles. The van der Waals surface area contributed by atoms with E-state index in [2.05, 4.69) is 36.1 Å². The second-order valence-corrected chi connectivity index (χ2v) is 5.65. The van der Waals surface area contributed by atoms with Crippen molar-refractivity contribution in [1.82, 2.24) is 9.97 Å². The first-order chi connectivity index (χ1) is 8.72. The summed E-state index contributed by atoms with van der Waals surface area (Å²) in [4.78, 5) is 8.71. The predicted octanol–water partition coefficient (Wildman–Crippen LogP) is 2.72. The molecule has 0 aliphatic heterocycles. The first-order valence-electron chi connectivity index (χ1n) is 6.58. The molecular weight excluding hydrogens is 246 g/mol. The summed E-state index contributed by atoms with van der Waals surface area (Å²) in [6.07, 6.45) is 4.47. The molecule has 2 N–H and O–H groups in total. The van der Waals surface area contributed by atoms with Crippen LogP contribution in [0.15, 0.2) is 11.4 Å². The van der Waals surface area contributed by atoms with Gasteiger partial charge < -0.3 is 10.4 Å². The van der Waals surface area contributed by atoms with Crippen molar-refractivity contribution in [2.75, 3.05) is 18.5 Å². The molecule has 0 aliphatic rings. The lowest BCUT2D eigenvalue weighted by Crippen LogP contribution is -2.08. The molecule has 0 aliphatic carbocycles. The summed E-state index contributed by atoms with van der Waals surface area (Å²) >= 11 is 1.72. The number of hydrogen-bond donors (Lipinski definition) is 2. The van der Waals surface area contributed by atoms with Crippen LogP contribution in [-0.2, 0) is 6.42 Å². The van der Waals surface area contributed by atoms with Crippen molar-refractivity contribution in [1.29, 1.82) is 0 Å². The third-order valence-electron chi connectivity index (χ3n) is 2.60. The van der Waals surface area contributed by atoms with E-state index in [-0.39, 0.29) is 6.61 Å². The van der Waals surface area contributed by atoms with Gasteiger partial charge in [0.15, 0.2) is 0 Å². The van der Waals surface area contributed by atoms with Gasteiger partial charge in [-0.1, -0.05) is 20.3 Å². The molecule has 1 aromatic rings. The van der Waals surface area contributed by atoms with Gasteiger partial charge in [-0.15, -0.1) is 11.8 Å². The summed E-state index contributed by atoms with van der Waals surface area (Å²) in [5.74, 6) is 0.952. The Morgan fingerprint density at radius 2 is 2.17 bits per heavy atom. The highest BCUT2D eigenvalue weighted by atomic mass is 32.2. The minimum Gasteiger partial charge on any atom is -0.396 e. The number of aromatic nitrogens is 2. The molecule has 0 radical (unpaired) electrons. The second kappa shape index (κ2) is 8.32. The van der Waals surface area contributed by atoms with Gasteiger partial charge >= 0.3 is 0 Å². The molecule has 1 rings (SSSR count). The van der Waals surface area contributed by atoms with Crippen molar-refractivity contribution in [2.24, 2.45) is 0 Å². The van der Waals surface area contributed by atoms with Gasteiger partial charge in [0, 0.05) is 24.0 Å². The van der Waals surface area contributed by atoms with Crippen LogP contribution in [0.5, 0.6) is 0 Å². The van der Waals surface area contributed by atoms with Crippen molar-refractivity contribution in [3.05, 3.63) is 11.9 Å². The lowest BCUT2D eigenvalue weighted by Gasteiger charge is -2.15. The summed E-state index contributed by atoms with van der Waals surface area (Å²) in [6, 6.07) is 0. The molecule has 1 atom stereocenters. The minimum absolute atomic E-state index is 0.225. The van der Waals surface area contributed by atoms with Crippen molar-refractivity contribution < 1.29 is 5.11 Å². The fourth-order valence-electron chi connectivity index (χ4n) is 1.72. The van der Waals surface area contributed by atoms with Crippen molar-refractivity contribution in [3.63, 3.8) is 0 Å². The first-order valence-corrected chi connectivity index (χ1v) is 7.46. The van der Waals surface area contributed by atoms with E-state index in [0.29, 0.717) is 5.25 Å². The number of hydrogen-bond acceptors (Lipinski definition) is 5. The number of aliphatic hydroxyl groups excluding tert-OH is 1. The Morgan fingerprint density at radius 1 is 1.39 bits per heavy atom. The zero-order valence-electron chi connectivity index (χ0n) is 11.4. The van der Waals surface area contributed by atoms with E-state index < -0.39 is 0 Å². The van der Waals surface area contributed by atoms with Gasteiger partial charge in [0.1, 0.15) is 17.2 Å². The molecule has 0 saturated carbocycles. The second-order valence-electron chi connectivity index (χ2n) is 4.23. The van der Waals surface area contributed by atoms with Crippen LogP contribution in [0.3, 0.4) is 0 Å². The zero-order chi connectivity index (χ0) is 13.4. The van der Waals surface area contributed by atoms with E-state index >= 15 is 0 Å². The Hall–Kier alpha value is -0.810. The van der Waals surface area contributed by atoms with Gasteiger partial charge in [0.2, 0.25) is 0 Å². The quantitative estimate of drug-likeness (QED) is 0.561. The van der Waals surface area contributed by atoms with Gasteiger partial charge in [-0.3, -0.25) is 0 Å². The maximum atomic E-state index is 8.97. The highest BCUT2D eigenvalue weighted by Crippen LogP contribution is 2.30. The van der Waals surface area contributed by atoms with Crippen molar-refractivity contribution in [2.45, 2.75) is 50.3 Å². The number of aliphatic hydroxyl groups is 1. The van der Waals surface area contributed by atoms with E-state index in [0.717, 1.165) is 36.7 Å². The molecule has 4 nitrogen and oxygen atoms in total. The van der Waals surface area contributed by atoms with Crippen LogP contribution in [0, 0.1) is 0 Å². The number of nitrogens with zero attached hydrogens (tertiary/aromatic N) is 2. The highest BCUT2D eigenvalue weighted by Gasteiger charge is 2.13. The average Bonchev–Trinajstić information content (AvgIpc) is 2.34. The number of rotatable bonds is 8. The highest BCUT2D eigenvalue weighted by molar-refractivity contribution is 7.99. The Balaban J connectivity index is 2.90. The van der Waals surface area contributed by atoms with Crippen molar-refractivity contribution >= 4 is 17.6 Å². The molecule has 1 heterocycles. The SMILES string of the molecule is CCCc1c(NCC)ncnc1SC(C)CCO. The topological polar surface area (TPSA) is 58.0 Å². The molecule has 0 amide bonds. The van der Waals surface area contributed by atoms with E-state index in [9.17, 15) is 0 Å². The van der Waals surface area contributed by atoms with Crippen LogP contribution in [-0.4, -0.2) is 33.5 Å². The largest absolute Gasteiger partial charge is 0.396 e. The van der Waals surface area contributed by atoms with E-state index in [1.807, 2.05) is 0 Å². The van der Waals surface area contributed by atoms with E-state index in [1.54, 1.807) is 18.1 Å². The van der Waals surface area contributed by atoms with Gasteiger partial charge in [0.05, 0.1) is 0 Å². The summed E-state index contributed by atoms with van der Waals surface area (Å²) in [5, 5.41) is 13.7. The van der Waals surface area contributed by atoms with Crippen LogP contribution in [0.4, 0.5) is 5.82 Å². The zero-order valence-corrected chi connectivity index (χ0v) is 12.3. The normalized spacial score (nSPS) is 12.4. The van der Waals surface area contributed by atoms with Crippen molar-refractivity contribution in [3.8, 4) is 0 Å². The van der Waals surface area contributed by atoms with Crippen LogP contribution >= 0.6 is 11.8 Å². The lowest BCUT2D eigenvalue weighted by molar-refractivity contribution is 0.289. The maximum Gasteiger partial charge on any atom is 0.133 e. The smallest absolute Gasteiger partial charge is 0.133 e. The molecule has 5 heteroatoms. The molecular formula is C13H23N3OS. The van der Waals surface area contributed by atoms with Crippen LogP contribution in [0.25, 0.3) is 0 Å². The fourth-order valence-corrected chi connectivity index (χ4v) is 2.78. The summed E-state index contributed by atoms with van der Waals surface area (Å²) in [5.41, 5.74) is 1.21. The van der Waals surface area contributed by atoms with E-state index in [4.69, 9.17) is 5.11 Å². The van der Waals surface area contributed by atoms with Crippen LogP contribution in [0.2, 0.25) is 0 Å². The number of thioether (sulfide) groups is 1. The Morgan fingerprint density at radius 3 is 2.78 bits per heavy atom. The van der Waals surface area contributed by atoms with Crippen LogP contribution < -0.4 is 5.32 Å². The standard InChI is InChI=1S/C13H23N3OS/c1-4-6-11-12(14-5-2)15-9-16-13(11)18-10(3)7-8-17/h9-10,17H,4-8H2,1-3H3,(H,14,15,16). The fraction of sp³-hybridized carbons (Fsp3) is 0.692. The Kier molecular flexibility index (Phi) is 7.05. The monoisotopic (exact) mass is 269 g/mol. The maximum absolute atomic E-state index is 8.97.